The summed E-state index contributed by atoms with van der Waals surface area (Å²) in [5, 5.41) is 6.72. The lowest BCUT2D eigenvalue weighted by molar-refractivity contribution is -0.119. The minimum atomic E-state index is -0.168. The Hall–Kier alpha value is -6.16. The highest BCUT2D eigenvalue weighted by atomic mass is 33.1. The van der Waals surface area contributed by atoms with Crippen LogP contribution in [-0.2, 0) is 53.5 Å². The maximum Gasteiger partial charge on any atom is 0.256 e. The zero-order chi connectivity index (χ0) is 52.6. The number of benzene rings is 5. The maximum absolute atomic E-state index is 14.2. The van der Waals surface area contributed by atoms with Crippen LogP contribution in [0, 0.1) is 6.92 Å². The van der Waals surface area contributed by atoms with Gasteiger partial charge in [-0.3, -0.25) is 19.2 Å². The molecule has 0 unspecified atom stereocenters. The van der Waals surface area contributed by atoms with E-state index in [1.54, 1.807) is 41.9 Å². The molecule has 15 heteroatoms. The Bertz CT molecular complexity index is 2910. The number of hydrogen-bond acceptors (Lipinski definition) is 12. The monoisotopic (exact) mass is 1050 g/mol. The first kappa shape index (κ1) is 53.7. The third kappa shape index (κ3) is 13.1. The van der Waals surface area contributed by atoms with Crippen LogP contribution in [0.1, 0.15) is 118 Å². The van der Waals surface area contributed by atoms with Crippen LogP contribution in [-0.4, -0.2) is 96.9 Å². The molecule has 5 aromatic rings. The number of unbranched alkanes of at least 4 members (excludes halogenated alkanes) is 1. The first-order valence-corrected chi connectivity index (χ1v) is 28.6. The molecule has 396 valence electrons. The number of anilines is 3. The molecule has 4 aliphatic rings. The lowest BCUT2D eigenvalue weighted by Crippen LogP contribution is -2.47. The average Bonchev–Trinajstić information content (AvgIpc) is 3.61. The quantitative estimate of drug-likeness (QED) is 0.0504. The number of nitrogens with zero attached hydrogens (tertiary/aromatic N) is 3. The van der Waals surface area contributed by atoms with E-state index in [-0.39, 0.29) is 47.8 Å². The first-order chi connectivity index (χ1) is 36.2. The molecule has 0 saturated carbocycles. The molecule has 0 radical (unpaired) electrons. The SMILES string of the molecule is COCCCCC(=O)CCCSSC(C)(C)CCC(=O)Nc1cc(COc2cc3c(cc2C)C(=O)N2Cc4ccccc4C[C@H]2CN3C)cc(COc2cc3c(cc2OC)C(=O)N2Cc4ccccc4C[C@H]2CN3)c1. The summed E-state index contributed by atoms with van der Waals surface area (Å²) in [6.07, 6.45) is 6.38. The number of nitrogens with one attached hydrogen (secondary N) is 2. The number of carbonyl (C=O) groups is 4. The van der Waals surface area contributed by atoms with Crippen LogP contribution in [0.5, 0.6) is 17.2 Å². The van der Waals surface area contributed by atoms with Crippen molar-refractivity contribution >= 4 is 62.2 Å². The van der Waals surface area contributed by atoms with Gasteiger partial charge in [0.15, 0.2) is 11.5 Å². The predicted molar refractivity (Wildman–Crippen MR) is 301 cm³/mol. The van der Waals surface area contributed by atoms with Crippen LogP contribution >= 0.6 is 21.6 Å². The lowest BCUT2D eigenvalue weighted by Gasteiger charge is -2.36. The molecule has 75 heavy (non-hydrogen) atoms. The van der Waals surface area contributed by atoms with Crippen LogP contribution < -0.4 is 29.7 Å². The molecular formula is C60H71N5O8S2. The van der Waals surface area contributed by atoms with Gasteiger partial charge < -0.3 is 44.3 Å². The average molecular weight is 1050 g/mol. The summed E-state index contributed by atoms with van der Waals surface area (Å²) in [6.45, 7) is 9.72. The molecule has 9 rings (SSSR count). The molecule has 5 aromatic carbocycles. The second-order valence-corrected chi connectivity index (χ2v) is 24.1. The van der Waals surface area contributed by atoms with Gasteiger partial charge in [0.1, 0.15) is 24.7 Å². The molecule has 0 saturated heterocycles. The molecule has 0 fully saturated rings. The maximum atomic E-state index is 14.2. The van der Waals surface area contributed by atoms with E-state index < -0.39 is 0 Å². The summed E-state index contributed by atoms with van der Waals surface area (Å²) < 4.78 is 24.0. The first-order valence-electron chi connectivity index (χ1n) is 26.3. The Balaban J connectivity index is 0.893. The number of amides is 3. The van der Waals surface area contributed by atoms with Gasteiger partial charge >= 0.3 is 0 Å². The molecule has 3 amide bonds. The number of methoxy groups -OCH3 is 2. The number of likely N-dealkylation sites (N-methyl/N-ethyl adjacent to an activating group) is 1. The Kier molecular flexibility index (Phi) is 17.3. The Morgan fingerprint density at radius 1 is 0.733 bits per heavy atom. The third-order valence-corrected chi connectivity index (χ3v) is 18.3. The van der Waals surface area contributed by atoms with Crippen LogP contribution in [0.4, 0.5) is 17.1 Å². The second kappa shape index (κ2) is 24.2. The van der Waals surface area contributed by atoms with Crippen molar-refractivity contribution in [3.8, 4) is 17.2 Å². The van der Waals surface area contributed by atoms with Crippen LogP contribution in [0.25, 0.3) is 0 Å². The number of rotatable bonds is 22. The summed E-state index contributed by atoms with van der Waals surface area (Å²) in [7, 11) is 8.82. The van der Waals surface area contributed by atoms with E-state index in [0.29, 0.717) is 104 Å². The van der Waals surface area contributed by atoms with Gasteiger partial charge in [0.2, 0.25) is 5.91 Å². The van der Waals surface area contributed by atoms with E-state index in [1.165, 1.54) is 22.3 Å². The minimum absolute atomic E-state index is 0.00544. The van der Waals surface area contributed by atoms with Crippen molar-refractivity contribution in [3.05, 3.63) is 141 Å². The van der Waals surface area contributed by atoms with Gasteiger partial charge in [0, 0.05) is 94.5 Å². The molecule has 0 aliphatic carbocycles. The largest absolute Gasteiger partial charge is 0.493 e. The smallest absolute Gasteiger partial charge is 0.256 e. The second-order valence-electron chi connectivity index (χ2n) is 21.0. The summed E-state index contributed by atoms with van der Waals surface area (Å²) >= 11 is 0. The van der Waals surface area contributed by atoms with E-state index in [2.05, 4.69) is 65.8 Å². The topological polar surface area (TPSA) is 139 Å². The highest BCUT2D eigenvalue weighted by molar-refractivity contribution is 8.77. The van der Waals surface area contributed by atoms with E-state index in [9.17, 15) is 19.2 Å². The van der Waals surface area contributed by atoms with Gasteiger partial charge in [0.25, 0.3) is 11.8 Å². The van der Waals surface area contributed by atoms with E-state index >= 15 is 0 Å². The number of hydrogen-bond donors (Lipinski definition) is 2. The molecular weight excluding hydrogens is 983 g/mol. The minimum Gasteiger partial charge on any atom is -0.493 e. The van der Waals surface area contributed by atoms with Crippen molar-refractivity contribution in [2.75, 3.05) is 62.3 Å². The predicted octanol–water partition coefficient (Wildman–Crippen LogP) is 11.2. The number of fused-ring (bicyclic) bond motifs is 6. The van der Waals surface area contributed by atoms with Crippen LogP contribution in [0.2, 0.25) is 0 Å². The van der Waals surface area contributed by atoms with Gasteiger partial charge in [-0.05, 0) is 129 Å². The zero-order valence-electron chi connectivity index (χ0n) is 44.3. The van der Waals surface area contributed by atoms with Gasteiger partial charge in [-0.15, -0.1) is 0 Å². The van der Waals surface area contributed by atoms with Crippen molar-refractivity contribution in [1.82, 2.24) is 9.80 Å². The van der Waals surface area contributed by atoms with Gasteiger partial charge in [-0.1, -0.05) is 70.1 Å². The van der Waals surface area contributed by atoms with Gasteiger partial charge in [0.05, 0.1) is 41.7 Å². The molecule has 4 aliphatic heterocycles. The van der Waals surface area contributed by atoms with Crippen molar-refractivity contribution in [2.24, 2.45) is 0 Å². The molecule has 2 atom stereocenters. The molecule has 13 nitrogen and oxygen atoms in total. The van der Waals surface area contributed by atoms with Crippen molar-refractivity contribution in [2.45, 2.75) is 122 Å². The van der Waals surface area contributed by atoms with Crippen LogP contribution in [0.15, 0.2) is 91.0 Å². The summed E-state index contributed by atoms with van der Waals surface area (Å²) in [4.78, 5) is 60.6. The highest BCUT2D eigenvalue weighted by Gasteiger charge is 2.37. The highest BCUT2D eigenvalue weighted by Crippen LogP contribution is 2.41. The fourth-order valence-corrected chi connectivity index (χ4v) is 13.3. The van der Waals surface area contributed by atoms with Crippen LogP contribution in [0.3, 0.4) is 0 Å². The fourth-order valence-electron chi connectivity index (χ4n) is 10.6. The van der Waals surface area contributed by atoms with E-state index in [4.69, 9.17) is 18.9 Å². The normalized spacial score (nSPS) is 16.7. The third-order valence-electron chi connectivity index (χ3n) is 14.8. The summed E-state index contributed by atoms with van der Waals surface area (Å²) in [6, 6.07) is 30.2. The number of carbonyl (C=O) groups excluding carboxylic acids is 4. The van der Waals surface area contributed by atoms with E-state index in [1.807, 2.05) is 72.3 Å². The Morgan fingerprint density at radius 2 is 1.37 bits per heavy atom. The van der Waals surface area contributed by atoms with Gasteiger partial charge in [-0.2, -0.15) is 0 Å². The Labute approximate surface area is 450 Å². The molecule has 0 spiro atoms. The molecule has 0 aromatic heterocycles. The molecule has 4 heterocycles. The number of ether oxygens (including phenoxy) is 4. The van der Waals surface area contributed by atoms with E-state index in [0.717, 1.165) is 60.2 Å². The molecule has 0 bridgehead atoms. The van der Waals surface area contributed by atoms with Gasteiger partial charge in [-0.25, -0.2) is 0 Å². The zero-order valence-corrected chi connectivity index (χ0v) is 45.9. The lowest BCUT2D eigenvalue weighted by atomic mass is 9.93. The number of Topliss-reactive ketones (excluding diaryl/α,β-unsaturated/α-hetero) is 1. The summed E-state index contributed by atoms with van der Waals surface area (Å²) in [5.74, 6) is 2.65. The standard InChI is InChI=1S/C60H71N5O8S2/c1-39-24-51-53(63(4)36-48-29-43-15-8-10-17-45(43)35-65(48)59(51)69)32-54(39)72-37-40-25-41(27-46(26-40)62-57(67)20-21-60(2,3)75-74-23-13-19-49(66)18-11-12-22-70-5)38-73-56-31-52-50(30-55(56)71-6)58(68)64-34-44-16-9-7-14-42(44)28-47(64)33-61-52/h7-10,14-17,24-27,30-32,47-48,61H,11-13,18-23,28-29,33-38H2,1-6H3,(H,62,67)/t47-,48-/m0/s1. The van der Waals surface area contributed by atoms with Crippen molar-refractivity contribution in [3.63, 3.8) is 0 Å². The summed E-state index contributed by atoms with van der Waals surface area (Å²) in [5.41, 5.74) is 10.7. The number of ketones is 1. The molecule has 2 N–H and O–H groups in total. The fraction of sp³-hybridized carbons (Fsp3) is 0.433. The van der Waals surface area contributed by atoms with Crippen molar-refractivity contribution < 1.29 is 38.1 Å². The van der Waals surface area contributed by atoms with Crippen molar-refractivity contribution in [1.29, 1.82) is 0 Å². The Morgan fingerprint density at radius 3 is 2.07 bits per heavy atom. The number of aryl methyl sites for hydroxylation is 1.